The fourth-order valence-corrected chi connectivity index (χ4v) is 4.02. The van der Waals surface area contributed by atoms with Crippen molar-refractivity contribution < 1.29 is 14.2 Å². The minimum atomic E-state index is 0. The Morgan fingerprint density at radius 3 is 2.65 bits per heavy atom. The molecule has 31 heavy (non-hydrogen) atoms. The highest BCUT2D eigenvalue weighted by molar-refractivity contribution is 14.0. The molecule has 2 heterocycles. The molecule has 1 aromatic rings. The number of aliphatic imine (C=N–C) groups is 1. The van der Waals surface area contributed by atoms with E-state index in [0.717, 1.165) is 90.9 Å². The van der Waals surface area contributed by atoms with Crippen LogP contribution in [0.1, 0.15) is 38.2 Å². The van der Waals surface area contributed by atoms with Crippen molar-refractivity contribution in [3.05, 3.63) is 35.9 Å². The maximum Gasteiger partial charge on any atom is 0.193 e. The van der Waals surface area contributed by atoms with Crippen molar-refractivity contribution in [1.82, 2.24) is 10.2 Å². The lowest BCUT2D eigenvalue weighted by Crippen LogP contribution is -2.40. The lowest BCUT2D eigenvalue weighted by atomic mass is 10.0. The van der Waals surface area contributed by atoms with Crippen LogP contribution in [-0.4, -0.2) is 70.1 Å². The summed E-state index contributed by atoms with van der Waals surface area (Å²) in [5.41, 5.74) is 1.24. The molecule has 0 radical (unpaired) electrons. The predicted octanol–water partition coefficient (Wildman–Crippen LogP) is 3.94. The van der Waals surface area contributed by atoms with E-state index in [0.29, 0.717) is 18.4 Å². The molecule has 1 atom stereocenters. The summed E-state index contributed by atoms with van der Waals surface area (Å²) in [6, 6.07) is 10.4. The maximum absolute atomic E-state index is 5.96. The molecule has 2 saturated heterocycles. The van der Waals surface area contributed by atoms with Crippen LogP contribution in [0.5, 0.6) is 0 Å². The summed E-state index contributed by atoms with van der Waals surface area (Å²) < 4.78 is 17.2. The first-order valence-electron chi connectivity index (χ1n) is 11.7. The topological polar surface area (TPSA) is 55.3 Å². The SMILES string of the molecule is CCNC(=NCCCOCC1CCOCC1)N1CCC(COCc2ccccc2)C1.I. The molecule has 176 valence electrons. The van der Waals surface area contributed by atoms with E-state index in [2.05, 4.69) is 41.4 Å². The monoisotopic (exact) mass is 545 g/mol. The van der Waals surface area contributed by atoms with Gasteiger partial charge in [-0.1, -0.05) is 30.3 Å². The van der Waals surface area contributed by atoms with E-state index in [4.69, 9.17) is 19.2 Å². The number of likely N-dealkylation sites (tertiary alicyclic amines) is 1. The molecule has 0 bridgehead atoms. The smallest absolute Gasteiger partial charge is 0.193 e. The minimum Gasteiger partial charge on any atom is -0.381 e. The Morgan fingerprint density at radius 1 is 1.10 bits per heavy atom. The van der Waals surface area contributed by atoms with Gasteiger partial charge >= 0.3 is 0 Å². The van der Waals surface area contributed by atoms with Gasteiger partial charge in [-0.2, -0.15) is 0 Å². The van der Waals surface area contributed by atoms with E-state index in [1.54, 1.807) is 0 Å². The van der Waals surface area contributed by atoms with Crippen molar-refractivity contribution in [3.8, 4) is 0 Å². The minimum absolute atomic E-state index is 0. The van der Waals surface area contributed by atoms with Gasteiger partial charge in [0.05, 0.1) is 13.2 Å². The Labute approximate surface area is 205 Å². The van der Waals surface area contributed by atoms with Crippen molar-refractivity contribution in [2.24, 2.45) is 16.8 Å². The van der Waals surface area contributed by atoms with Crippen LogP contribution in [0, 0.1) is 11.8 Å². The number of hydrogen-bond donors (Lipinski definition) is 1. The van der Waals surface area contributed by atoms with Gasteiger partial charge in [0.25, 0.3) is 0 Å². The number of nitrogens with zero attached hydrogens (tertiary/aromatic N) is 2. The van der Waals surface area contributed by atoms with E-state index < -0.39 is 0 Å². The fraction of sp³-hybridized carbons (Fsp3) is 0.708. The largest absolute Gasteiger partial charge is 0.381 e. The summed E-state index contributed by atoms with van der Waals surface area (Å²) in [6.45, 7) is 10.8. The molecular formula is C24H40IN3O3. The molecule has 0 saturated carbocycles. The van der Waals surface area contributed by atoms with Crippen LogP contribution < -0.4 is 5.32 Å². The van der Waals surface area contributed by atoms with Crippen LogP contribution in [0.25, 0.3) is 0 Å². The van der Waals surface area contributed by atoms with Gasteiger partial charge in [-0.05, 0) is 44.1 Å². The molecule has 7 heteroatoms. The molecule has 3 rings (SSSR count). The Morgan fingerprint density at radius 2 is 1.87 bits per heavy atom. The van der Waals surface area contributed by atoms with Crippen molar-refractivity contribution in [2.45, 2.75) is 39.2 Å². The van der Waals surface area contributed by atoms with E-state index in [-0.39, 0.29) is 24.0 Å². The zero-order valence-corrected chi connectivity index (χ0v) is 21.3. The Hall–Kier alpha value is -0.900. The highest BCUT2D eigenvalue weighted by atomic mass is 127. The molecule has 1 aromatic carbocycles. The molecule has 2 fully saturated rings. The number of nitrogens with one attached hydrogen (secondary N) is 1. The van der Waals surface area contributed by atoms with Crippen LogP contribution in [0.15, 0.2) is 35.3 Å². The van der Waals surface area contributed by atoms with Crippen molar-refractivity contribution in [2.75, 3.05) is 59.2 Å². The molecule has 2 aliphatic heterocycles. The zero-order chi connectivity index (χ0) is 20.9. The van der Waals surface area contributed by atoms with Gasteiger partial charge < -0.3 is 24.4 Å². The number of guanidine groups is 1. The van der Waals surface area contributed by atoms with Crippen molar-refractivity contribution in [1.29, 1.82) is 0 Å². The standard InChI is InChI=1S/C24H39N3O3.HI/c1-2-25-24(26-12-6-14-29-18-22-10-15-28-16-11-22)27-13-9-23(17-27)20-30-19-21-7-4-3-5-8-21;/h3-5,7-8,22-23H,2,6,9-20H2,1H3,(H,25,26);1H. The van der Waals surface area contributed by atoms with Gasteiger partial charge in [-0.3, -0.25) is 4.99 Å². The first kappa shape index (κ1) is 26.4. The van der Waals surface area contributed by atoms with Gasteiger partial charge in [0.15, 0.2) is 5.96 Å². The average molecular weight is 546 g/mol. The Bertz CT molecular complexity index is 611. The Kier molecular flexibility index (Phi) is 13.5. The molecule has 1 N–H and O–H groups in total. The highest BCUT2D eigenvalue weighted by Crippen LogP contribution is 2.18. The van der Waals surface area contributed by atoms with E-state index >= 15 is 0 Å². The summed E-state index contributed by atoms with van der Waals surface area (Å²) in [5.74, 6) is 2.28. The van der Waals surface area contributed by atoms with Crippen LogP contribution >= 0.6 is 24.0 Å². The van der Waals surface area contributed by atoms with Crippen molar-refractivity contribution >= 4 is 29.9 Å². The molecule has 0 amide bonds. The molecule has 0 aromatic heterocycles. The van der Waals surface area contributed by atoms with Crippen molar-refractivity contribution in [3.63, 3.8) is 0 Å². The Balaban J connectivity index is 0.00000341. The highest BCUT2D eigenvalue weighted by Gasteiger charge is 2.25. The van der Waals surface area contributed by atoms with Crippen LogP contribution in [0.2, 0.25) is 0 Å². The summed E-state index contributed by atoms with van der Waals surface area (Å²) in [7, 11) is 0. The number of benzene rings is 1. The number of hydrogen-bond acceptors (Lipinski definition) is 4. The van der Waals surface area contributed by atoms with E-state index in [1.807, 2.05) is 6.07 Å². The second kappa shape index (κ2) is 15.8. The fourth-order valence-electron chi connectivity index (χ4n) is 4.02. The third kappa shape index (κ3) is 10.1. The summed E-state index contributed by atoms with van der Waals surface area (Å²) in [4.78, 5) is 7.21. The molecule has 1 unspecified atom stereocenters. The third-order valence-electron chi connectivity index (χ3n) is 5.79. The summed E-state index contributed by atoms with van der Waals surface area (Å²) in [6.07, 6.45) is 4.39. The van der Waals surface area contributed by atoms with Crippen LogP contribution in [0.3, 0.4) is 0 Å². The molecule has 0 spiro atoms. The second-order valence-electron chi connectivity index (χ2n) is 8.32. The van der Waals surface area contributed by atoms with Crippen LogP contribution in [-0.2, 0) is 20.8 Å². The van der Waals surface area contributed by atoms with Gasteiger partial charge in [-0.25, -0.2) is 0 Å². The number of rotatable bonds is 11. The van der Waals surface area contributed by atoms with Gasteiger partial charge in [0.1, 0.15) is 0 Å². The van der Waals surface area contributed by atoms with E-state index in [1.165, 1.54) is 5.56 Å². The first-order valence-corrected chi connectivity index (χ1v) is 11.7. The lowest BCUT2D eigenvalue weighted by Gasteiger charge is -2.22. The first-order chi connectivity index (χ1) is 14.8. The average Bonchev–Trinajstić information content (AvgIpc) is 3.25. The second-order valence-corrected chi connectivity index (χ2v) is 8.32. The molecule has 2 aliphatic rings. The third-order valence-corrected chi connectivity index (χ3v) is 5.79. The van der Waals surface area contributed by atoms with Gasteiger partial charge in [0, 0.05) is 58.5 Å². The quantitative estimate of drug-likeness (QED) is 0.198. The lowest BCUT2D eigenvalue weighted by molar-refractivity contribution is 0.0205. The number of ether oxygens (including phenoxy) is 3. The maximum atomic E-state index is 5.96. The van der Waals surface area contributed by atoms with Gasteiger partial charge in [-0.15, -0.1) is 24.0 Å². The predicted molar refractivity (Wildman–Crippen MR) is 136 cm³/mol. The zero-order valence-electron chi connectivity index (χ0n) is 19.0. The van der Waals surface area contributed by atoms with Crippen LogP contribution in [0.4, 0.5) is 0 Å². The van der Waals surface area contributed by atoms with E-state index in [9.17, 15) is 0 Å². The molecule has 0 aliphatic carbocycles. The molecule has 6 nitrogen and oxygen atoms in total. The summed E-state index contributed by atoms with van der Waals surface area (Å²) in [5, 5.41) is 3.45. The molecular weight excluding hydrogens is 505 g/mol. The van der Waals surface area contributed by atoms with Gasteiger partial charge in [0.2, 0.25) is 0 Å². The normalized spacial score (nSPS) is 20.0. The number of halogens is 1. The summed E-state index contributed by atoms with van der Waals surface area (Å²) >= 11 is 0.